The van der Waals surface area contributed by atoms with Gasteiger partial charge in [-0.15, -0.1) is 0 Å². The Kier molecular flexibility index (Phi) is 3.06. The molecule has 0 saturated heterocycles. The fraction of sp³-hybridized carbons (Fsp3) is 0.0714. The van der Waals surface area contributed by atoms with Crippen molar-refractivity contribution in [2.45, 2.75) is 0 Å². The minimum absolute atomic E-state index is 0.325. The fourth-order valence-electron chi connectivity index (χ4n) is 1.64. The second-order valence-corrected chi connectivity index (χ2v) is 3.53. The van der Waals surface area contributed by atoms with Gasteiger partial charge in [0.25, 0.3) is 0 Å². The number of hydrogen-bond donors (Lipinski definition) is 0. The second kappa shape index (κ2) is 4.67. The summed E-state index contributed by atoms with van der Waals surface area (Å²) < 4.78 is 18.3. The van der Waals surface area contributed by atoms with Crippen molar-refractivity contribution in [2.75, 3.05) is 7.11 Å². The van der Waals surface area contributed by atoms with Crippen LogP contribution in [0, 0.1) is 17.1 Å². The van der Waals surface area contributed by atoms with Crippen LogP contribution in [0.5, 0.6) is 5.75 Å². The molecule has 0 spiro atoms. The summed E-state index contributed by atoms with van der Waals surface area (Å²) >= 11 is 0. The zero-order valence-corrected chi connectivity index (χ0v) is 9.27. The van der Waals surface area contributed by atoms with Gasteiger partial charge in [0.1, 0.15) is 11.6 Å². The molecule has 0 aliphatic carbocycles. The van der Waals surface area contributed by atoms with E-state index in [2.05, 4.69) is 6.07 Å². The predicted molar refractivity (Wildman–Crippen MR) is 63.1 cm³/mol. The highest BCUT2D eigenvalue weighted by Gasteiger charge is 2.07. The van der Waals surface area contributed by atoms with Gasteiger partial charge in [-0.05, 0) is 35.9 Å². The third kappa shape index (κ3) is 2.26. The lowest BCUT2D eigenvalue weighted by Crippen LogP contribution is -1.88. The molecule has 0 bridgehead atoms. The summed E-state index contributed by atoms with van der Waals surface area (Å²) in [4.78, 5) is 0. The summed E-state index contributed by atoms with van der Waals surface area (Å²) in [5.41, 5.74) is 1.84. The van der Waals surface area contributed by atoms with E-state index in [4.69, 9.17) is 10.00 Å². The molecule has 84 valence electrons. The first-order valence-corrected chi connectivity index (χ1v) is 5.08. The normalized spacial score (nSPS) is 9.71. The highest BCUT2D eigenvalue weighted by atomic mass is 19.1. The standard InChI is InChI=1S/C14H10FNO/c1-17-13-6-5-11(9-16)14(8-13)10-3-2-4-12(15)7-10/h2-8H,1H3. The van der Waals surface area contributed by atoms with Crippen LogP contribution in [0.25, 0.3) is 11.1 Å². The molecule has 0 atom stereocenters. The number of methoxy groups -OCH3 is 1. The average Bonchev–Trinajstić information content (AvgIpc) is 2.38. The smallest absolute Gasteiger partial charge is 0.123 e. The zero-order valence-electron chi connectivity index (χ0n) is 9.27. The number of hydrogen-bond acceptors (Lipinski definition) is 2. The van der Waals surface area contributed by atoms with E-state index in [9.17, 15) is 4.39 Å². The van der Waals surface area contributed by atoms with Crippen molar-refractivity contribution in [3.05, 3.63) is 53.8 Å². The second-order valence-electron chi connectivity index (χ2n) is 3.53. The highest BCUT2D eigenvalue weighted by molar-refractivity contribution is 5.72. The quantitative estimate of drug-likeness (QED) is 0.788. The minimum Gasteiger partial charge on any atom is -0.497 e. The monoisotopic (exact) mass is 227 g/mol. The number of ether oxygens (including phenoxy) is 1. The van der Waals surface area contributed by atoms with Crippen molar-refractivity contribution in [1.29, 1.82) is 5.26 Å². The van der Waals surface area contributed by atoms with Gasteiger partial charge in [-0.25, -0.2) is 4.39 Å². The first-order valence-electron chi connectivity index (χ1n) is 5.08. The molecule has 2 nitrogen and oxygen atoms in total. The lowest BCUT2D eigenvalue weighted by molar-refractivity contribution is 0.415. The first-order chi connectivity index (χ1) is 8.24. The molecular weight excluding hydrogens is 217 g/mol. The molecule has 0 amide bonds. The van der Waals surface area contributed by atoms with E-state index in [0.717, 1.165) is 0 Å². The average molecular weight is 227 g/mol. The van der Waals surface area contributed by atoms with E-state index >= 15 is 0 Å². The van der Waals surface area contributed by atoms with E-state index in [1.807, 2.05) is 0 Å². The highest BCUT2D eigenvalue weighted by Crippen LogP contribution is 2.27. The van der Waals surface area contributed by atoms with Gasteiger partial charge in [0.2, 0.25) is 0 Å². The topological polar surface area (TPSA) is 33.0 Å². The van der Waals surface area contributed by atoms with Crippen molar-refractivity contribution in [3.63, 3.8) is 0 Å². The van der Waals surface area contributed by atoms with Crippen molar-refractivity contribution in [2.24, 2.45) is 0 Å². The molecule has 0 radical (unpaired) electrons. The first kappa shape index (κ1) is 11.2. The zero-order chi connectivity index (χ0) is 12.3. The summed E-state index contributed by atoms with van der Waals surface area (Å²) in [6, 6.07) is 13.3. The Morgan fingerprint density at radius 2 is 2.00 bits per heavy atom. The molecule has 0 heterocycles. The maximum absolute atomic E-state index is 13.2. The molecule has 0 aliphatic rings. The van der Waals surface area contributed by atoms with Crippen molar-refractivity contribution in [3.8, 4) is 22.9 Å². The van der Waals surface area contributed by atoms with Crippen LogP contribution in [-0.4, -0.2) is 7.11 Å². The molecule has 0 fully saturated rings. The third-order valence-electron chi connectivity index (χ3n) is 2.48. The molecule has 2 rings (SSSR count). The van der Waals surface area contributed by atoms with E-state index in [0.29, 0.717) is 22.4 Å². The van der Waals surface area contributed by atoms with Crippen molar-refractivity contribution >= 4 is 0 Å². The molecule has 3 heteroatoms. The molecule has 0 unspecified atom stereocenters. The van der Waals surface area contributed by atoms with E-state index in [1.165, 1.54) is 12.1 Å². The summed E-state index contributed by atoms with van der Waals surface area (Å²) in [5.74, 6) is 0.317. The number of rotatable bonds is 2. The van der Waals surface area contributed by atoms with Gasteiger partial charge in [0, 0.05) is 5.56 Å². The predicted octanol–water partition coefficient (Wildman–Crippen LogP) is 3.37. The van der Waals surface area contributed by atoms with Crippen molar-refractivity contribution in [1.82, 2.24) is 0 Å². The van der Waals surface area contributed by atoms with E-state index < -0.39 is 0 Å². The molecular formula is C14H10FNO. The maximum atomic E-state index is 13.2. The molecule has 0 N–H and O–H groups in total. The Balaban J connectivity index is 2.61. The van der Waals surface area contributed by atoms with Crippen LogP contribution in [0.1, 0.15) is 5.56 Å². The Morgan fingerprint density at radius 1 is 1.18 bits per heavy atom. The Labute approximate surface area is 98.9 Å². The van der Waals surface area contributed by atoms with Crippen LogP contribution < -0.4 is 4.74 Å². The molecule has 2 aromatic rings. The van der Waals surface area contributed by atoms with Gasteiger partial charge in [-0.2, -0.15) is 5.26 Å². The van der Waals surface area contributed by atoms with E-state index in [-0.39, 0.29) is 5.82 Å². The SMILES string of the molecule is COc1ccc(C#N)c(-c2cccc(F)c2)c1. The van der Waals surface area contributed by atoms with Crippen LogP contribution >= 0.6 is 0 Å². The summed E-state index contributed by atoms with van der Waals surface area (Å²) in [6.07, 6.45) is 0. The number of halogens is 1. The van der Waals surface area contributed by atoms with Gasteiger partial charge in [0.05, 0.1) is 18.7 Å². The molecule has 0 aliphatic heterocycles. The summed E-state index contributed by atoms with van der Waals surface area (Å²) in [6.45, 7) is 0. The van der Waals surface area contributed by atoms with Gasteiger partial charge >= 0.3 is 0 Å². The van der Waals surface area contributed by atoms with Gasteiger partial charge < -0.3 is 4.74 Å². The van der Waals surface area contributed by atoms with Crippen LogP contribution in [0.4, 0.5) is 4.39 Å². The van der Waals surface area contributed by atoms with Crippen LogP contribution in [-0.2, 0) is 0 Å². The number of benzene rings is 2. The largest absolute Gasteiger partial charge is 0.497 e. The lowest BCUT2D eigenvalue weighted by Gasteiger charge is -2.07. The molecule has 0 saturated carbocycles. The van der Waals surface area contributed by atoms with Gasteiger partial charge in [-0.1, -0.05) is 12.1 Å². The fourth-order valence-corrected chi connectivity index (χ4v) is 1.64. The maximum Gasteiger partial charge on any atom is 0.123 e. The summed E-state index contributed by atoms with van der Waals surface area (Å²) in [7, 11) is 1.55. The van der Waals surface area contributed by atoms with Gasteiger partial charge in [0.15, 0.2) is 0 Å². The van der Waals surface area contributed by atoms with Crippen LogP contribution in [0.3, 0.4) is 0 Å². The van der Waals surface area contributed by atoms with Crippen molar-refractivity contribution < 1.29 is 9.13 Å². The summed E-state index contributed by atoms with van der Waals surface area (Å²) in [5, 5.41) is 9.03. The van der Waals surface area contributed by atoms with Crippen LogP contribution in [0.2, 0.25) is 0 Å². The minimum atomic E-state index is -0.325. The van der Waals surface area contributed by atoms with Crippen LogP contribution in [0.15, 0.2) is 42.5 Å². The van der Waals surface area contributed by atoms with E-state index in [1.54, 1.807) is 37.4 Å². The Hall–Kier alpha value is -2.34. The lowest BCUT2D eigenvalue weighted by atomic mass is 10.00. The Morgan fingerprint density at radius 3 is 2.65 bits per heavy atom. The molecule has 0 aromatic heterocycles. The Bertz CT molecular complexity index is 587. The van der Waals surface area contributed by atoms with Gasteiger partial charge in [-0.3, -0.25) is 0 Å². The number of nitrogens with zero attached hydrogens (tertiary/aromatic N) is 1. The third-order valence-corrected chi connectivity index (χ3v) is 2.48. The number of nitriles is 1. The molecule has 17 heavy (non-hydrogen) atoms. The molecule has 2 aromatic carbocycles.